The second-order valence-corrected chi connectivity index (χ2v) is 7.53. The van der Waals surface area contributed by atoms with Crippen molar-refractivity contribution in [1.82, 2.24) is 9.03 Å². The largest absolute Gasteiger partial charge is 0.329 e. The molecular formula is C13H27N3O2S. The van der Waals surface area contributed by atoms with Crippen LogP contribution in [0.1, 0.15) is 51.4 Å². The number of hydrogen-bond donors (Lipinski definition) is 2. The first-order valence-electron chi connectivity index (χ1n) is 7.61. The molecule has 3 N–H and O–H groups in total. The normalized spacial score (nSPS) is 25.3. The van der Waals surface area contributed by atoms with Gasteiger partial charge in [-0.25, -0.2) is 0 Å². The van der Waals surface area contributed by atoms with Gasteiger partial charge in [0, 0.05) is 25.7 Å². The minimum atomic E-state index is -3.35. The van der Waals surface area contributed by atoms with E-state index < -0.39 is 10.2 Å². The third-order valence-electron chi connectivity index (χ3n) is 4.43. The molecule has 2 fully saturated rings. The highest BCUT2D eigenvalue weighted by Crippen LogP contribution is 2.28. The van der Waals surface area contributed by atoms with E-state index in [9.17, 15) is 8.42 Å². The van der Waals surface area contributed by atoms with E-state index in [1.165, 1.54) is 12.8 Å². The molecule has 0 spiro atoms. The van der Waals surface area contributed by atoms with Gasteiger partial charge in [-0.05, 0) is 31.6 Å². The summed E-state index contributed by atoms with van der Waals surface area (Å²) in [6.45, 7) is 1.70. The molecular weight excluding hydrogens is 262 g/mol. The molecule has 0 amide bonds. The monoisotopic (exact) mass is 289 g/mol. The van der Waals surface area contributed by atoms with Crippen LogP contribution in [0.15, 0.2) is 0 Å². The molecule has 0 radical (unpaired) electrons. The topological polar surface area (TPSA) is 75.4 Å². The Hall–Kier alpha value is -0.170. The molecule has 2 aliphatic rings. The van der Waals surface area contributed by atoms with Gasteiger partial charge in [-0.1, -0.05) is 25.7 Å². The van der Waals surface area contributed by atoms with Gasteiger partial charge in [-0.15, -0.1) is 0 Å². The van der Waals surface area contributed by atoms with Gasteiger partial charge in [0.15, 0.2) is 0 Å². The fourth-order valence-corrected chi connectivity index (χ4v) is 4.80. The zero-order valence-corrected chi connectivity index (χ0v) is 12.5. The molecule has 0 aromatic carbocycles. The molecule has 2 rings (SSSR count). The second-order valence-electron chi connectivity index (χ2n) is 5.82. The highest BCUT2D eigenvalue weighted by Gasteiger charge is 2.30. The Morgan fingerprint density at radius 1 is 1.05 bits per heavy atom. The Balaban J connectivity index is 1.97. The first-order valence-corrected chi connectivity index (χ1v) is 9.05. The number of nitrogens with zero attached hydrogens (tertiary/aromatic N) is 1. The maximum atomic E-state index is 12.4. The van der Waals surface area contributed by atoms with Crippen LogP contribution >= 0.6 is 0 Å². The van der Waals surface area contributed by atoms with Crippen molar-refractivity contribution >= 4 is 10.2 Å². The molecule has 19 heavy (non-hydrogen) atoms. The first kappa shape index (κ1) is 15.2. The van der Waals surface area contributed by atoms with Gasteiger partial charge in [-0.3, -0.25) is 0 Å². The molecule has 5 nitrogen and oxygen atoms in total. The summed E-state index contributed by atoms with van der Waals surface area (Å²) in [5.74, 6) is 0.423. The zero-order valence-electron chi connectivity index (χ0n) is 11.7. The van der Waals surface area contributed by atoms with Gasteiger partial charge in [0.25, 0.3) is 10.2 Å². The third-order valence-corrected chi connectivity index (χ3v) is 6.07. The smallest absolute Gasteiger partial charge is 0.279 e. The van der Waals surface area contributed by atoms with Crippen molar-refractivity contribution in [2.24, 2.45) is 11.7 Å². The highest BCUT2D eigenvalue weighted by atomic mass is 32.2. The molecule has 6 heteroatoms. The Bertz CT molecular complexity index is 358. The van der Waals surface area contributed by atoms with Crippen LogP contribution in [0.4, 0.5) is 0 Å². The summed E-state index contributed by atoms with van der Waals surface area (Å²) in [6, 6.07) is -0.0873. The molecule has 1 unspecified atom stereocenters. The Labute approximate surface area is 117 Å². The predicted octanol–water partition coefficient (Wildman–Crippen LogP) is 1.21. The van der Waals surface area contributed by atoms with E-state index in [1.807, 2.05) is 0 Å². The second kappa shape index (κ2) is 7.02. The number of nitrogens with two attached hydrogens (primary N) is 1. The van der Waals surface area contributed by atoms with E-state index in [-0.39, 0.29) is 6.04 Å². The fourth-order valence-electron chi connectivity index (χ4n) is 3.24. The van der Waals surface area contributed by atoms with Crippen molar-refractivity contribution in [3.8, 4) is 0 Å². The third kappa shape index (κ3) is 4.15. The minimum Gasteiger partial charge on any atom is -0.329 e. The summed E-state index contributed by atoms with van der Waals surface area (Å²) in [6.07, 6.45) is 8.81. The molecule has 1 aliphatic carbocycles. The van der Waals surface area contributed by atoms with Gasteiger partial charge >= 0.3 is 0 Å². The van der Waals surface area contributed by atoms with Crippen molar-refractivity contribution in [1.29, 1.82) is 0 Å². The standard InChI is InChI=1S/C13H27N3O2S/c14-11-13(12-7-3-4-8-12)15-19(17,18)16-9-5-1-2-6-10-16/h12-13,15H,1-11,14H2. The molecule has 112 valence electrons. The van der Waals surface area contributed by atoms with Gasteiger partial charge in [-0.2, -0.15) is 17.4 Å². The van der Waals surface area contributed by atoms with E-state index in [0.717, 1.165) is 38.5 Å². The molecule has 1 heterocycles. The Kier molecular flexibility index (Phi) is 5.62. The first-order chi connectivity index (χ1) is 9.13. The SMILES string of the molecule is NCC(NS(=O)(=O)N1CCCCCC1)C1CCCC1. The lowest BCUT2D eigenvalue weighted by Gasteiger charge is -2.27. The maximum absolute atomic E-state index is 12.4. The lowest BCUT2D eigenvalue weighted by molar-refractivity contribution is 0.371. The summed E-state index contributed by atoms with van der Waals surface area (Å²) >= 11 is 0. The van der Waals surface area contributed by atoms with Crippen LogP contribution in [0.5, 0.6) is 0 Å². The fraction of sp³-hybridized carbons (Fsp3) is 1.00. The molecule has 0 bridgehead atoms. The molecule has 0 aromatic heterocycles. The van der Waals surface area contributed by atoms with E-state index in [4.69, 9.17) is 5.73 Å². The van der Waals surface area contributed by atoms with E-state index in [0.29, 0.717) is 25.6 Å². The van der Waals surface area contributed by atoms with Crippen molar-refractivity contribution in [2.75, 3.05) is 19.6 Å². The average molecular weight is 289 g/mol. The lowest BCUT2D eigenvalue weighted by atomic mass is 9.99. The van der Waals surface area contributed by atoms with E-state index in [1.54, 1.807) is 4.31 Å². The average Bonchev–Trinajstić information content (AvgIpc) is 2.77. The van der Waals surface area contributed by atoms with Crippen LogP contribution in [0, 0.1) is 5.92 Å². The summed E-state index contributed by atoms with van der Waals surface area (Å²) in [5.41, 5.74) is 5.77. The van der Waals surface area contributed by atoms with Gasteiger partial charge in [0.1, 0.15) is 0 Å². The van der Waals surface area contributed by atoms with Crippen molar-refractivity contribution in [3.63, 3.8) is 0 Å². The van der Waals surface area contributed by atoms with Gasteiger partial charge in [0.2, 0.25) is 0 Å². The van der Waals surface area contributed by atoms with Crippen molar-refractivity contribution < 1.29 is 8.42 Å². The molecule has 1 aliphatic heterocycles. The lowest BCUT2D eigenvalue weighted by Crippen LogP contribution is -2.50. The highest BCUT2D eigenvalue weighted by molar-refractivity contribution is 7.87. The molecule has 1 saturated carbocycles. The number of nitrogens with one attached hydrogen (secondary N) is 1. The van der Waals surface area contributed by atoms with E-state index in [2.05, 4.69) is 4.72 Å². The van der Waals surface area contributed by atoms with Crippen LogP contribution in [0.2, 0.25) is 0 Å². The summed E-state index contributed by atoms with van der Waals surface area (Å²) in [4.78, 5) is 0. The van der Waals surface area contributed by atoms with Crippen LogP contribution in [-0.2, 0) is 10.2 Å². The Morgan fingerprint density at radius 3 is 2.16 bits per heavy atom. The predicted molar refractivity (Wildman–Crippen MR) is 76.9 cm³/mol. The van der Waals surface area contributed by atoms with Crippen molar-refractivity contribution in [2.45, 2.75) is 57.4 Å². The summed E-state index contributed by atoms with van der Waals surface area (Å²) in [7, 11) is -3.35. The van der Waals surface area contributed by atoms with Crippen LogP contribution in [0.25, 0.3) is 0 Å². The number of rotatable bonds is 5. The van der Waals surface area contributed by atoms with Crippen LogP contribution in [0.3, 0.4) is 0 Å². The summed E-state index contributed by atoms with van der Waals surface area (Å²) < 4.78 is 29.3. The maximum Gasteiger partial charge on any atom is 0.279 e. The van der Waals surface area contributed by atoms with Crippen LogP contribution in [-0.4, -0.2) is 38.4 Å². The molecule has 1 saturated heterocycles. The number of hydrogen-bond acceptors (Lipinski definition) is 3. The molecule has 1 atom stereocenters. The summed E-state index contributed by atoms with van der Waals surface area (Å²) in [5, 5.41) is 0. The van der Waals surface area contributed by atoms with Gasteiger partial charge in [0.05, 0.1) is 0 Å². The molecule has 0 aromatic rings. The van der Waals surface area contributed by atoms with Gasteiger partial charge < -0.3 is 5.73 Å². The zero-order chi connectivity index (χ0) is 13.7. The Morgan fingerprint density at radius 2 is 1.63 bits per heavy atom. The minimum absolute atomic E-state index is 0.0873. The van der Waals surface area contributed by atoms with Crippen LogP contribution < -0.4 is 10.5 Å². The van der Waals surface area contributed by atoms with Crippen molar-refractivity contribution in [3.05, 3.63) is 0 Å². The van der Waals surface area contributed by atoms with E-state index >= 15 is 0 Å². The quantitative estimate of drug-likeness (QED) is 0.799.